The lowest BCUT2D eigenvalue weighted by atomic mass is 10.2. The van der Waals surface area contributed by atoms with Gasteiger partial charge in [0.1, 0.15) is 10.7 Å². The Bertz CT molecular complexity index is 618. The number of hydrogen-bond acceptors (Lipinski definition) is 5. The summed E-state index contributed by atoms with van der Waals surface area (Å²) in [4.78, 5) is 18.5. The van der Waals surface area contributed by atoms with Gasteiger partial charge < -0.3 is 10.0 Å². The van der Waals surface area contributed by atoms with Gasteiger partial charge in [-0.05, 0) is 20.8 Å². The fourth-order valence-corrected chi connectivity index (χ4v) is 2.77. The second-order valence-electron chi connectivity index (χ2n) is 5.34. The van der Waals surface area contributed by atoms with Crippen LogP contribution in [0.25, 0.3) is 10.6 Å². The van der Waals surface area contributed by atoms with E-state index in [4.69, 9.17) is 0 Å². The second kappa shape index (κ2) is 6.36. The van der Waals surface area contributed by atoms with Crippen LogP contribution in [0.1, 0.15) is 31.3 Å². The predicted molar refractivity (Wildman–Crippen MR) is 82.2 cm³/mol. The Kier molecular flexibility index (Phi) is 4.74. The van der Waals surface area contributed by atoms with Crippen molar-refractivity contribution in [1.82, 2.24) is 19.7 Å². The number of aliphatic hydroxyl groups is 1. The summed E-state index contributed by atoms with van der Waals surface area (Å²) in [5.74, 6) is -0.155. The minimum absolute atomic E-state index is 0.00985. The Balaban J connectivity index is 2.21. The first kappa shape index (κ1) is 15.7. The highest BCUT2D eigenvalue weighted by Gasteiger charge is 2.22. The normalized spacial score (nSPS) is 12.7. The van der Waals surface area contributed by atoms with Crippen LogP contribution in [-0.2, 0) is 7.05 Å². The van der Waals surface area contributed by atoms with Gasteiger partial charge in [0.15, 0.2) is 0 Å². The molecule has 0 saturated carbocycles. The molecule has 2 rings (SSSR count). The van der Waals surface area contributed by atoms with Gasteiger partial charge in [0, 0.05) is 36.8 Å². The van der Waals surface area contributed by atoms with E-state index in [1.165, 1.54) is 11.3 Å². The molecule has 6 nitrogen and oxygen atoms in total. The van der Waals surface area contributed by atoms with Gasteiger partial charge in [-0.15, -0.1) is 11.3 Å². The van der Waals surface area contributed by atoms with Crippen molar-refractivity contribution < 1.29 is 9.90 Å². The van der Waals surface area contributed by atoms with Crippen LogP contribution in [-0.4, -0.2) is 49.4 Å². The van der Waals surface area contributed by atoms with E-state index >= 15 is 0 Å². The molecule has 114 valence electrons. The number of carbonyl (C=O) groups is 1. The SMILES string of the molecule is CC(O)CN(C(=O)c1csc(-c2cnn(C)c2)n1)C(C)C. The highest BCUT2D eigenvalue weighted by molar-refractivity contribution is 7.13. The van der Waals surface area contributed by atoms with Crippen molar-refractivity contribution in [3.05, 3.63) is 23.5 Å². The third-order valence-corrected chi connectivity index (χ3v) is 3.91. The first-order valence-electron chi connectivity index (χ1n) is 6.82. The number of aliphatic hydroxyl groups excluding tert-OH is 1. The average Bonchev–Trinajstić information content (AvgIpc) is 3.03. The summed E-state index contributed by atoms with van der Waals surface area (Å²) >= 11 is 1.42. The lowest BCUT2D eigenvalue weighted by Crippen LogP contribution is -2.41. The van der Waals surface area contributed by atoms with Gasteiger partial charge in [0.25, 0.3) is 5.91 Å². The Morgan fingerprint density at radius 3 is 2.71 bits per heavy atom. The Morgan fingerprint density at radius 1 is 1.48 bits per heavy atom. The number of amides is 1. The number of aromatic nitrogens is 3. The molecule has 7 heteroatoms. The molecule has 0 saturated heterocycles. The van der Waals surface area contributed by atoms with Crippen molar-refractivity contribution in [1.29, 1.82) is 0 Å². The quantitative estimate of drug-likeness (QED) is 0.914. The van der Waals surface area contributed by atoms with E-state index in [1.807, 2.05) is 27.1 Å². The van der Waals surface area contributed by atoms with E-state index in [1.54, 1.807) is 28.1 Å². The zero-order valence-electron chi connectivity index (χ0n) is 12.6. The summed E-state index contributed by atoms with van der Waals surface area (Å²) in [6.45, 7) is 5.82. The monoisotopic (exact) mass is 308 g/mol. The topological polar surface area (TPSA) is 71.2 Å². The zero-order chi connectivity index (χ0) is 15.6. The minimum Gasteiger partial charge on any atom is -0.392 e. The molecule has 0 aliphatic rings. The van der Waals surface area contributed by atoms with Gasteiger partial charge in [-0.2, -0.15) is 5.10 Å². The zero-order valence-corrected chi connectivity index (χ0v) is 13.5. The van der Waals surface area contributed by atoms with Crippen LogP contribution in [0.3, 0.4) is 0 Å². The van der Waals surface area contributed by atoms with Gasteiger partial charge in [-0.1, -0.05) is 0 Å². The standard InChI is InChI=1S/C14H20N4O2S/c1-9(2)18(6-10(3)19)14(20)12-8-21-13(16-12)11-5-15-17(4)7-11/h5,7-10,19H,6H2,1-4H3. The summed E-state index contributed by atoms with van der Waals surface area (Å²) in [5, 5.41) is 16.2. The van der Waals surface area contributed by atoms with Gasteiger partial charge in [-0.3, -0.25) is 9.48 Å². The molecule has 0 radical (unpaired) electrons. The van der Waals surface area contributed by atoms with Crippen LogP contribution in [0.4, 0.5) is 0 Å². The molecular weight excluding hydrogens is 288 g/mol. The maximum atomic E-state index is 12.5. The van der Waals surface area contributed by atoms with Crippen molar-refractivity contribution in [3.63, 3.8) is 0 Å². The molecule has 1 N–H and O–H groups in total. The number of nitrogens with zero attached hydrogens (tertiary/aromatic N) is 4. The van der Waals surface area contributed by atoms with Crippen LogP contribution < -0.4 is 0 Å². The molecule has 21 heavy (non-hydrogen) atoms. The fraction of sp³-hybridized carbons (Fsp3) is 0.500. The third kappa shape index (κ3) is 3.68. The molecule has 2 aromatic heterocycles. The van der Waals surface area contributed by atoms with E-state index in [-0.39, 0.29) is 11.9 Å². The molecule has 0 aromatic carbocycles. The van der Waals surface area contributed by atoms with Crippen LogP contribution in [0, 0.1) is 0 Å². The highest BCUT2D eigenvalue weighted by atomic mass is 32.1. The number of aryl methyl sites for hydroxylation is 1. The predicted octanol–water partition coefficient (Wildman–Crippen LogP) is 1.78. The van der Waals surface area contributed by atoms with Gasteiger partial charge in [0.2, 0.25) is 0 Å². The number of carbonyl (C=O) groups excluding carboxylic acids is 1. The Morgan fingerprint density at radius 2 is 2.19 bits per heavy atom. The summed E-state index contributed by atoms with van der Waals surface area (Å²) in [6, 6.07) is 0.00985. The van der Waals surface area contributed by atoms with Crippen molar-refractivity contribution in [2.24, 2.45) is 7.05 Å². The molecule has 0 bridgehead atoms. The second-order valence-corrected chi connectivity index (χ2v) is 6.20. The molecule has 0 aliphatic carbocycles. The first-order chi connectivity index (χ1) is 9.88. The number of hydrogen-bond donors (Lipinski definition) is 1. The van der Waals surface area contributed by atoms with E-state index in [2.05, 4.69) is 10.1 Å². The molecule has 1 atom stereocenters. The van der Waals surface area contributed by atoms with Crippen LogP contribution in [0.5, 0.6) is 0 Å². The Labute approximate surface area is 128 Å². The maximum absolute atomic E-state index is 12.5. The van der Waals surface area contributed by atoms with Crippen molar-refractivity contribution >= 4 is 17.2 Å². The van der Waals surface area contributed by atoms with Crippen LogP contribution >= 0.6 is 11.3 Å². The Hall–Kier alpha value is -1.73. The molecular formula is C14H20N4O2S. The van der Waals surface area contributed by atoms with Crippen LogP contribution in [0.2, 0.25) is 0 Å². The minimum atomic E-state index is -0.562. The summed E-state index contributed by atoms with van der Waals surface area (Å²) in [6.07, 6.45) is 3.03. The lowest BCUT2D eigenvalue weighted by molar-refractivity contribution is 0.0574. The van der Waals surface area contributed by atoms with Gasteiger partial charge in [-0.25, -0.2) is 4.98 Å². The van der Waals surface area contributed by atoms with E-state index in [0.29, 0.717) is 12.2 Å². The molecule has 2 aromatic rings. The smallest absolute Gasteiger partial charge is 0.273 e. The van der Waals surface area contributed by atoms with E-state index in [9.17, 15) is 9.90 Å². The largest absolute Gasteiger partial charge is 0.392 e. The highest BCUT2D eigenvalue weighted by Crippen LogP contribution is 2.24. The van der Waals surface area contributed by atoms with Crippen molar-refractivity contribution in [2.45, 2.75) is 32.9 Å². The summed E-state index contributed by atoms with van der Waals surface area (Å²) in [5.41, 5.74) is 1.31. The molecule has 0 aliphatic heterocycles. The third-order valence-electron chi connectivity index (χ3n) is 3.02. The summed E-state index contributed by atoms with van der Waals surface area (Å²) in [7, 11) is 1.84. The summed E-state index contributed by atoms with van der Waals surface area (Å²) < 4.78 is 1.70. The molecule has 2 heterocycles. The maximum Gasteiger partial charge on any atom is 0.273 e. The van der Waals surface area contributed by atoms with Gasteiger partial charge in [0.05, 0.1) is 12.3 Å². The number of thiazole rings is 1. The first-order valence-corrected chi connectivity index (χ1v) is 7.70. The van der Waals surface area contributed by atoms with E-state index < -0.39 is 6.10 Å². The fourth-order valence-electron chi connectivity index (χ4n) is 2.00. The van der Waals surface area contributed by atoms with Crippen molar-refractivity contribution in [2.75, 3.05) is 6.54 Å². The number of rotatable bonds is 5. The molecule has 0 fully saturated rings. The van der Waals surface area contributed by atoms with E-state index in [0.717, 1.165) is 10.6 Å². The molecule has 0 spiro atoms. The average molecular weight is 308 g/mol. The van der Waals surface area contributed by atoms with Crippen molar-refractivity contribution in [3.8, 4) is 10.6 Å². The lowest BCUT2D eigenvalue weighted by Gasteiger charge is -2.27. The molecule has 1 amide bonds. The van der Waals surface area contributed by atoms with Crippen LogP contribution in [0.15, 0.2) is 17.8 Å². The van der Waals surface area contributed by atoms with Gasteiger partial charge >= 0.3 is 0 Å². The molecule has 1 unspecified atom stereocenters.